The Balaban J connectivity index is 1.92. The number of hydrogen-bond donors (Lipinski definition) is 3. The molecule has 0 aliphatic heterocycles. The fraction of sp³-hybridized carbons (Fsp3) is 0.167. The number of non-ortho nitro benzene ring substituents is 1. The van der Waals surface area contributed by atoms with Crippen LogP contribution in [0.25, 0.3) is 0 Å². The summed E-state index contributed by atoms with van der Waals surface area (Å²) in [6.45, 7) is 3.83. The molecule has 9 nitrogen and oxygen atoms in total. The third kappa shape index (κ3) is 5.46. The molecule has 1 unspecified atom stereocenters. The molecule has 3 aromatic rings. The van der Waals surface area contributed by atoms with Gasteiger partial charge in [0, 0.05) is 17.8 Å². The fourth-order valence-corrected chi connectivity index (χ4v) is 3.61. The number of thiol groups is 1. The van der Waals surface area contributed by atoms with Crippen LogP contribution in [0.15, 0.2) is 66.7 Å². The van der Waals surface area contributed by atoms with Gasteiger partial charge in [-0.1, -0.05) is 55.3 Å². The molecule has 3 aromatic carbocycles. The van der Waals surface area contributed by atoms with E-state index in [9.17, 15) is 19.7 Å². The molecule has 2 N–H and O–H groups in total. The first-order valence-electron chi connectivity index (χ1n) is 10.3. The second-order valence-corrected chi connectivity index (χ2v) is 7.90. The number of urea groups is 1. The molecule has 3 rings (SSSR count). The summed E-state index contributed by atoms with van der Waals surface area (Å²) in [7, 11) is 1.37. The Morgan fingerprint density at radius 2 is 1.71 bits per heavy atom. The number of rotatable bonds is 7. The molecule has 34 heavy (non-hydrogen) atoms. The molecular formula is C24H24N4O5S. The summed E-state index contributed by atoms with van der Waals surface area (Å²) in [5.41, 5.74) is 2.90. The van der Waals surface area contributed by atoms with Gasteiger partial charge in [0.25, 0.3) is 11.6 Å². The molecule has 0 aliphatic rings. The summed E-state index contributed by atoms with van der Waals surface area (Å²) < 4.78 is 6.14. The summed E-state index contributed by atoms with van der Waals surface area (Å²) in [6.07, 6.45) is 0. The van der Waals surface area contributed by atoms with Crippen molar-refractivity contribution in [3.63, 3.8) is 0 Å². The van der Waals surface area contributed by atoms with Crippen LogP contribution < -0.4 is 15.4 Å². The van der Waals surface area contributed by atoms with Crippen LogP contribution in [0.1, 0.15) is 22.7 Å². The molecule has 0 spiro atoms. The summed E-state index contributed by atoms with van der Waals surface area (Å²) >= 11 is 4.33. The van der Waals surface area contributed by atoms with Gasteiger partial charge >= 0.3 is 6.03 Å². The van der Waals surface area contributed by atoms with Gasteiger partial charge in [-0.2, -0.15) is 0 Å². The number of amides is 3. The number of carbonyl (C=O) groups is 2. The topological polar surface area (TPSA) is 114 Å². The number of anilines is 2. The molecule has 0 bridgehead atoms. The minimum Gasteiger partial charge on any atom is -0.495 e. The lowest BCUT2D eigenvalue weighted by atomic mass is 10.0. The van der Waals surface area contributed by atoms with E-state index in [1.165, 1.54) is 25.3 Å². The molecule has 0 saturated heterocycles. The number of methoxy groups -OCH3 is 1. The monoisotopic (exact) mass is 480 g/mol. The average Bonchev–Trinajstić information content (AvgIpc) is 2.82. The van der Waals surface area contributed by atoms with E-state index in [4.69, 9.17) is 4.74 Å². The molecule has 176 valence electrons. The van der Waals surface area contributed by atoms with Gasteiger partial charge in [-0.3, -0.25) is 19.2 Å². The van der Waals surface area contributed by atoms with Gasteiger partial charge in [-0.15, -0.1) is 0 Å². The van der Waals surface area contributed by atoms with Crippen molar-refractivity contribution in [2.24, 2.45) is 0 Å². The Bertz CT molecular complexity index is 1220. The lowest BCUT2D eigenvalue weighted by molar-refractivity contribution is -0.384. The number of nitrogens with one attached hydrogen (secondary N) is 2. The van der Waals surface area contributed by atoms with Gasteiger partial charge in [-0.25, -0.2) is 4.79 Å². The van der Waals surface area contributed by atoms with Crippen LogP contribution in [-0.2, 0) is 4.79 Å². The van der Waals surface area contributed by atoms with E-state index in [0.29, 0.717) is 11.3 Å². The zero-order valence-corrected chi connectivity index (χ0v) is 19.7. The highest BCUT2D eigenvalue weighted by molar-refractivity contribution is 7.78. The molecule has 0 heterocycles. The predicted octanol–water partition coefficient (Wildman–Crippen LogP) is 5.28. The summed E-state index contributed by atoms with van der Waals surface area (Å²) in [4.78, 5) is 37.0. The zero-order chi connectivity index (χ0) is 24.8. The third-order valence-corrected chi connectivity index (χ3v) is 5.73. The minimum atomic E-state index is -1.10. The van der Waals surface area contributed by atoms with E-state index >= 15 is 0 Å². The second-order valence-electron chi connectivity index (χ2n) is 7.47. The van der Waals surface area contributed by atoms with Crippen LogP contribution in [0.4, 0.5) is 21.9 Å². The first-order valence-corrected chi connectivity index (χ1v) is 10.7. The van der Waals surface area contributed by atoms with Crippen molar-refractivity contribution in [3.8, 4) is 5.75 Å². The standard InChI is InChI=1S/C24H24N4O5S/c1-15-8-7-11-19(16(15)2)25-23(29)22(17-9-5-4-6-10-17)27(34)24(30)26-20-14-18(28(31)32)12-13-21(20)33-3/h4-14,22,34H,1-3H3,(H,25,29)(H,26,30). The SMILES string of the molecule is COc1ccc([N+](=O)[O-])cc1NC(=O)N(S)C(C(=O)Nc1cccc(C)c1C)c1ccccc1. The molecular weight excluding hydrogens is 456 g/mol. The first-order chi connectivity index (χ1) is 16.2. The van der Waals surface area contributed by atoms with Crippen LogP contribution >= 0.6 is 12.8 Å². The first kappa shape index (κ1) is 24.6. The maximum absolute atomic E-state index is 13.3. The van der Waals surface area contributed by atoms with Crippen LogP contribution in [0.5, 0.6) is 5.75 Å². The lowest BCUT2D eigenvalue weighted by Crippen LogP contribution is -2.38. The number of aryl methyl sites for hydroxylation is 1. The van der Waals surface area contributed by atoms with Crippen molar-refractivity contribution >= 4 is 41.8 Å². The van der Waals surface area contributed by atoms with E-state index in [1.54, 1.807) is 36.4 Å². The van der Waals surface area contributed by atoms with Gasteiger partial charge < -0.3 is 15.4 Å². The van der Waals surface area contributed by atoms with Crippen molar-refractivity contribution in [2.45, 2.75) is 19.9 Å². The van der Waals surface area contributed by atoms with Crippen LogP contribution in [0.2, 0.25) is 0 Å². The highest BCUT2D eigenvalue weighted by Gasteiger charge is 2.31. The van der Waals surface area contributed by atoms with Crippen LogP contribution in [-0.4, -0.2) is 28.3 Å². The molecule has 0 aromatic heterocycles. The summed E-state index contributed by atoms with van der Waals surface area (Å²) in [5, 5.41) is 16.6. The Morgan fingerprint density at radius 1 is 1.00 bits per heavy atom. The summed E-state index contributed by atoms with van der Waals surface area (Å²) in [5.74, 6) is -0.257. The highest BCUT2D eigenvalue weighted by Crippen LogP contribution is 2.31. The number of nitrogens with zero attached hydrogens (tertiary/aromatic N) is 2. The smallest absolute Gasteiger partial charge is 0.332 e. The van der Waals surface area contributed by atoms with Crippen LogP contribution in [0, 0.1) is 24.0 Å². The molecule has 10 heteroatoms. The van der Waals surface area contributed by atoms with E-state index in [1.807, 2.05) is 26.0 Å². The van der Waals surface area contributed by atoms with E-state index < -0.39 is 22.9 Å². The number of hydrogen-bond acceptors (Lipinski definition) is 6. The Morgan fingerprint density at radius 3 is 2.35 bits per heavy atom. The van der Waals surface area contributed by atoms with E-state index in [-0.39, 0.29) is 17.1 Å². The molecule has 3 amide bonds. The highest BCUT2D eigenvalue weighted by atomic mass is 32.1. The third-order valence-electron chi connectivity index (χ3n) is 5.31. The zero-order valence-electron chi connectivity index (χ0n) is 18.8. The van der Waals surface area contributed by atoms with Crippen molar-refractivity contribution in [3.05, 3.63) is 93.5 Å². The minimum absolute atomic E-state index is 0.0718. The second kappa shape index (κ2) is 10.7. The lowest BCUT2D eigenvalue weighted by Gasteiger charge is -2.27. The van der Waals surface area contributed by atoms with Gasteiger partial charge in [0.2, 0.25) is 0 Å². The van der Waals surface area contributed by atoms with E-state index in [0.717, 1.165) is 15.4 Å². The Kier molecular flexibility index (Phi) is 7.75. The maximum Gasteiger partial charge on any atom is 0.332 e. The number of nitro groups is 1. The number of benzene rings is 3. The Hall–Kier alpha value is -4.05. The van der Waals surface area contributed by atoms with Crippen LogP contribution in [0.3, 0.4) is 0 Å². The van der Waals surface area contributed by atoms with Crippen molar-refractivity contribution in [1.82, 2.24) is 4.31 Å². The summed E-state index contributed by atoms with van der Waals surface area (Å²) in [6, 6.07) is 16.2. The number of carbonyl (C=O) groups excluding carboxylic acids is 2. The maximum atomic E-state index is 13.3. The fourth-order valence-electron chi connectivity index (χ4n) is 3.32. The molecule has 0 radical (unpaired) electrons. The van der Waals surface area contributed by atoms with E-state index in [2.05, 4.69) is 23.4 Å². The van der Waals surface area contributed by atoms with Crippen molar-refractivity contribution in [1.29, 1.82) is 0 Å². The van der Waals surface area contributed by atoms with Crippen molar-refractivity contribution in [2.75, 3.05) is 17.7 Å². The molecule has 1 atom stereocenters. The largest absolute Gasteiger partial charge is 0.495 e. The molecule has 0 fully saturated rings. The molecule has 0 aliphatic carbocycles. The van der Waals surface area contributed by atoms with Gasteiger partial charge in [0.1, 0.15) is 11.8 Å². The normalized spacial score (nSPS) is 11.3. The predicted molar refractivity (Wildman–Crippen MR) is 133 cm³/mol. The van der Waals surface area contributed by atoms with Gasteiger partial charge in [0.15, 0.2) is 0 Å². The van der Waals surface area contributed by atoms with Gasteiger partial charge in [-0.05, 0) is 42.7 Å². The molecule has 0 saturated carbocycles. The van der Waals surface area contributed by atoms with Gasteiger partial charge in [0.05, 0.1) is 17.7 Å². The Labute approximate surface area is 202 Å². The number of nitro benzene ring substituents is 1. The average molecular weight is 481 g/mol. The number of ether oxygens (including phenoxy) is 1. The van der Waals surface area contributed by atoms with Crippen molar-refractivity contribution < 1.29 is 19.2 Å². The quantitative estimate of drug-likeness (QED) is 0.242.